The van der Waals surface area contributed by atoms with Crippen molar-refractivity contribution >= 4 is 37.7 Å². The number of aromatic nitrogens is 2. The average Bonchev–Trinajstić information content (AvgIpc) is 1.83. The van der Waals surface area contributed by atoms with E-state index in [-0.39, 0.29) is 0 Å². The smallest absolute Gasteiger partial charge is 0.142 e. The van der Waals surface area contributed by atoms with E-state index in [1.165, 1.54) is 6.33 Å². The molecule has 0 bridgehead atoms. The topological polar surface area (TPSA) is 51.8 Å². The van der Waals surface area contributed by atoms with Crippen LogP contribution in [0.15, 0.2) is 15.4 Å². The highest BCUT2D eigenvalue weighted by molar-refractivity contribution is 9.13. The molecule has 2 N–H and O–H groups in total. The van der Waals surface area contributed by atoms with Crippen molar-refractivity contribution in [2.45, 2.75) is 0 Å². The van der Waals surface area contributed by atoms with Crippen LogP contribution in [0.1, 0.15) is 0 Å². The van der Waals surface area contributed by atoms with Crippen molar-refractivity contribution < 1.29 is 0 Å². The predicted molar refractivity (Wildman–Crippen MR) is 41.8 cm³/mol. The summed E-state index contributed by atoms with van der Waals surface area (Å²) in [6.45, 7) is 0. The van der Waals surface area contributed by atoms with Crippen molar-refractivity contribution in [1.82, 2.24) is 9.97 Å². The van der Waals surface area contributed by atoms with Gasteiger partial charge in [-0.15, -0.1) is 0 Å². The fourth-order valence-electron chi connectivity index (χ4n) is 0.361. The predicted octanol–water partition coefficient (Wildman–Crippen LogP) is 1.58. The average molecular weight is 253 g/mol. The van der Waals surface area contributed by atoms with E-state index in [1.54, 1.807) is 0 Å². The number of anilines is 1. The molecular formula is C4H3Br2N3. The third-order valence-corrected chi connectivity index (χ3v) is 2.69. The highest BCUT2D eigenvalue weighted by Crippen LogP contribution is 2.23. The Bertz CT molecular complexity index is 205. The van der Waals surface area contributed by atoms with Gasteiger partial charge in [-0.2, -0.15) is 0 Å². The summed E-state index contributed by atoms with van der Waals surface area (Å²) >= 11 is 6.35. The molecule has 5 heteroatoms. The highest BCUT2D eigenvalue weighted by Gasteiger charge is 1.99. The molecule has 1 rings (SSSR count). The van der Waals surface area contributed by atoms with Gasteiger partial charge in [0.05, 0.1) is 4.47 Å². The normalized spacial score (nSPS) is 9.56. The zero-order valence-electron chi connectivity index (χ0n) is 4.31. The Labute approximate surface area is 68.9 Å². The minimum absolute atomic E-state index is 0.442. The van der Waals surface area contributed by atoms with Gasteiger partial charge in [-0.3, -0.25) is 0 Å². The molecule has 0 spiro atoms. The van der Waals surface area contributed by atoms with Crippen LogP contribution in [-0.4, -0.2) is 9.97 Å². The van der Waals surface area contributed by atoms with E-state index in [0.29, 0.717) is 14.9 Å². The zero-order chi connectivity index (χ0) is 6.85. The number of nitrogens with two attached hydrogens (primary N) is 1. The summed E-state index contributed by atoms with van der Waals surface area (Å²) in [6, 6.07) is 0. The summed E-state index contributed by atoms with van der Waals surface area (Å²) in [5, 5.41) is 0. The van der Waals surface area contributed by atoms with Gasteiger partial charge in [-0.1, -0.05) is 0 Å². The molecule has 3 nitrogen and oxygen atoms in total. The van der Waals surface area contributed by atoms with Crippen molar-refractivity contribution in [2.75, 3.05) is 5.73 Å². The number of hydrogen-bond acceptors (Lipinski definition) is 3. The van der Waals surface area contributed by atoms with E-state index in [2.05, 4.69) is 41.8 Å². The van der Waals surface area contributed by atoms with Crippen LogP contribution in [0.3, 0.4) is 0 Å². The van der Waals surface area contributed by atoms with Gasteiger partial charge in [0, 0.05) is 0 Å². The first-order valence-corrected chi connectivity index (χ1v) is 3.72. The maximum atomic E-state index is 5.39. The minimum atomic E-state index is 0.442. The summed E-state index contributed by atoms with van der Waals surface area (Å²) in [4.78, 5) is 7.55. The van der Waals surface area contributed by atoms with Crippen LogP contribution in [0, 0.1) is 0 Å². The first kappa shape index (κ1) is 6.95. The Kier molecular flexibility index (Phi) is 2.02. The monoisotopic (exact) mass is 251 g/mol. The van der Waals surface area contributed by atoms with Gasteiger partial charge in [0.2, 0.25) is 0 Å². The van der Waals surface area contributed by atoms with E-state index in [4.69, 9.17) is 5.73 Å². The first-order valence-electron chi connectivity index (χ1n) is 2.13. The molecule has 0 saturated heterocycles. The summed E-state index contributed by atoms with van der Waals surface area (Å²) in [6.07, 6.45) is 1.39. The maximum absolute atomic E-state index is 5.39. The molecule has 0 unspecified atom stereocenters. The van der Waals surface area contributed by atoms with Gasteiger partial charge in [-0.25, -0.2) is 9.97 Å². The Balaban J connectivity index is 3.25. The number of rotatable bonds is 0. The lowest BCUT2D eigenvalue weighted by molar-refractivity contribution is 1.13. The molecule has 0 radical (unpaired) electrons. The fraction of sp³-hybridized carbons (Fsp3) is 0. The van der Waals surface area contributed by atoms with Crippen LogP contribution >= 0.6 is 31.9 Å². The quantitative estimate of drug-likeness (QED) is 0.714. The van der Waals surface area contributed by atoms with Crippen molar-refractivity contribution in [3.63, 3.8) is 0 Å². The minimum Gasteiger partial charge on any atom is -0.383 e. The van der Waals surface area contributed by atoms with E-state index < -0.39 is 0 Å². The lowest BCUT2D eigenvalue weighted by Gasteiger charge is -1.95. The molecule has 0 saturated carbocycles. The first-order chi connectivity index (χ1) is 4.22. The Hall–Kier alpha value is -0.160. The third kappa shape index (κ3) is 1.40. The number of halogens is 2. The highest BCUT2D eigenvalue weighted by atomic mass is 79.9. The second-order valence-corrected chi connectivity index (χ2v) is 2.91. The van der Waals surface area contributed by atoms with Crippen molar-refractivity contribution in [3.8, 4) is 0 Å². The van der Waals surface area contributed by atoms with Gasteiger partial charge in [0.25, 0.3) is 0 Å². The number of hydrogen-bond donors (Lipinski definition) is 1. The Morgan fingerprint density at radius 2 is 2.00 bits per heavy atom. The van der Waals surface area contributed by atoms with Crippen LogP contribution in [0.25, 0.3) is 0 Å². The van der Waals surface area contributed by atoms with Gasteiger partial charge >= 0.3 is 0 Å². The van der Waals surface area contributed by atoms with Crippen molar-refractivity contribution in [1.29, 1.82) is 0 Å². The molecule has 0 aliphatic rings. The van der Waals surface area contributed by atoms with Gasteiger partial charge in [0.1, 0.15) is 16.7 Å². The second-order valence-electron chi connectivity index (χ2n) is 1.36. The van der Waals surface area contributed by atoms with Crippen LogP contribution in [0.2, 0.25) is 0 Å². The van der Waals surface area contributed by atoms with Crippen molar-refractivity contribution in [2.24, 2.45) is 0 Å². The van der Waals surface area contributed by atoms with Gasteiger partial charge in [-0.05, 0) is 31.9 Å². The fourth-order valence-corrected chi connectivity index (χ4v) is 0.860. The Morgan fingerprint density at radius 3 is 2.44 bits per heavy atom. The summed E-state index contributed by atoms with van der Waals surface area (Å²) in [5.74, 6) is 0.442. The lowest BCUT2D eigenvalue weighted by atomic mass is 10.6. The van der Waals surface area contributed by atoms with E-state index >= 15 is 0 Å². The van der Waals surface area contributed by atoms with Crippen LogP contribution in [-0.2, 0) is 0 Å². The molecule has 0 fully saturated rings. The molecule has 1 heterocycles. The second kappa shape index (κ2) is 2.62. The third-order valence-electron chi connectivity index (χ3n) is 0.774. The van der Waals surface area contributed by atoms with E-state index in [9.17, 15) is 0 Å². The molecule has 0 aliphatic carbocycles. The molecule has 48 valence electrons. The van der Waals surface area contributed by atoms with Crippen LogP contribution in [0.5, 0.6) is 0 Å². The number of nitrogens with zero attached hydrogens (tertiary/aromatic N) is 2. The molecule has 0 atom stereocenters. The summed E-state index contributed by atoms with van der Waals surface area (Å²) in [5.41, 5.74) is 5.39. The van der Waals surface area contributed by atoms with E-state index in [1.807, 2.05) is 0 Å². The standard InChI is InChI=1S/C4H3Br2N3/c5-2-3(6)8-1-9-4(2)7/h1H,(H2,7,8,9). The molecule has 0 aromatic carbocycles. The summed E-state index contributed by atoms with van der Waals surface area (Å²) < 4.78 is 1.38. The molecule has 1 aromatic rings. The van der Waals surface area contributed by atoms with Crippen LogP contribution in [0.4, 0.5) is 5.82 Å². The Morgan fingerprint density at radius 1 is 1.33 bits per heavy atom. The molecule has 9 heavy (non-hydrogen) atoms. The molecule has 1 aromatic heterocycles. The maximum Gasteiger partial charge on any atom is 0.142 e. The zero-order valence-corrected chi connectivity index (χ0v) is 7.48. The molecular weight excluding hydrogens is 250 g/mol. The van der Waals surface area contributed by atoms with Crippen molar-refractivity contribution in [3.05, 3.63) is 15.4 Å². The van der Waals surface area contributed by atoms with Gasteiger partial charge < -0.3 is 5.73 Å². The van der Waals surface area contributed by atoms with Crippen LogP contribution < -0.4 is 5.73 Å². The van der Waals surface area contributed by atoms with Gasteiger partial charge in [0.15, 0.2) is 0 Å². The SMILES string of the molecule is Nc1ncnc(Br)c1Br. The summed E-state index contributed by atoms with van der Waals surface area (Å²) in [7, 11) is 0. The number of nitrogen functional groups attached to an aromatic ring is 1. The lowest BCUT2D eigenvalue weighted by Crippen LogP contribution is -1.92. The molecule has 0 aliphatic heterocycles. The van der Waals surface area contributed by atoms with E-state index in [0.717, 1.165) is 0 Å². The largest absolute Gasteiger partial charge is 0.383 e. The molecule has 0 amide bonds.